The van der Waals surface area contributed by atoms with Crippen LogP contribution >= 0.6 is 0 Å². The number of esters is 1. The second-order valence-electron chi connectivity index (χ2n) is 5.29. The summed E-state index contributed by atoms with van der Waals surface area (Å²) in [7, 11) is 1.44. The second-order valence-corrected chi connectivity index (χ2v) is 5.29. The molecule has 7 nitrogen and oxygen atoms in total. The highest BCUT2D eigenvalue weighted by atomic mass is 19.1. The molecule has 1 atom stereocenters. The van der Waals surface area contributed by atoms with Crippen LogP contribution in [0.4, 0.5) is 4.39 Å². The first kappa shape index (κ1) is 18.3. The lowest BCUT2D eigenvalue weighted by Crippen LogP contribution is -2.42. The lowest BCUT2D eigenvalue weighted by molar-refractivity contribution is -0.147. The summed E-state index contributed by atoms with van der Waals surface area (Å²) in [4.78, 5) is 37.5. The van der Waals surface area contributed by atoms with E-state index in [2.05, 4.69) is 5.10 Å². The molecule has 0 radical (unpaired) electrons. The molecular formula is C17H18FN3O4. The molecule has 132 valence electrons. The van der Waals surface area contributed by atoms with E-state index in [1.807, 2.05) is 0 Å². The first-order chi connectivity index (χ1) is 11.8. The van der Waals surface area contributed by atoms with Crippen molar-refractivity contribution in [3.05, 3.63) is 58.3 Å². The van der Waals surface area contributed by atoms with E-state index in [4.69, 9.17) is 4.74 Å². The minimum absolute atomic E-state index is 0.0254. The van der Waals surface area contributed by atoms with Gasteiger partial charge in [-0.2, -0.15) is 9.78 Å². The Balaban J connectivity index is 2.32. The van der Waals surface area contributed by atoms with Crippen LogP contribution in [0.3, 0.4) is 0 Å². The molecular weight excluding hydrogens is 329 g/mol. The molecule has 2 aromatic rings. The first-order valence-electron chi connectivity index (χ1n) is 7.65. The highest BCUT2D eigenvalue weighted by molar-refractivity contribution is 5.94. The fourth-order valence-corrected chi connectivity index (χ4v) is 2.07. The molecule has 8 heteroatoms. The Morgan fingerprint density at radius 2 is 1.88 bits per heavy atom. The van der Waals surface area contributed by atoms with E-state index < -0.39 is 29.3 Å². The standard InChI is InChI=1S/C17H18FN3O4/c1-4-25-17(24)11(2)20(3)16(23)14-9-10-15(22)21(19-14)13-7-5-12(18)6-8-13/h5-11H,4H2,1-3H3/t11-/m0/s1. The molecule has 0 spiro atoms. The Morgan fingerprint density at radius 1 is 1.24 bits per heavy atom. The smallest absolute Gasteiger partial charge is 0.328 e. The van der Waals surface area contributed by atoms with Crippen LogP contribution in [-0.2, 0) is 9.53 Å². The number of benzene rings is 1. The van der Waals surface area contributed by atoms with Crippen molar-refractivity contribution in [2.24, 2.45) is 0 Å². The number of amides is 1. The Morgan fingerprint density at radius 3 is 2.48 bits per heavy atom. The highest BCUT2D eigenvalue weighted by Gasteiger charge is 2.25. The summed E-state index contributed by atoms with van der Waals surface area (Å²) in [6, 6.07) is 6.79. The summed E-state index contributed by atoms with van der Waals surface area (Å²) in [5.41, 5.74) is -0.172. The van der Waals surface area contributed by atoms with Crippen LogP contribution in [0.2, 0.25) is 0 Å². The van der Waals surface area contributed by atoms with Crippen LogP contribution in [0.5, 0.6) is 0 Å². The fraction of sp³-hybridized carbons (Fsp3) is 0.294. The van der Waals surface area contributed by atoms with Gasteiger partial charge in [0.1, 0.15) is 17.6 Å². The fourth-order valence-electron chi connectivity index (χ4n) is 2.07. The molecule has 0 saturated heterocycles. The van der Waals surface area contributed by atoms with Crippen molar-refractivity contribution in [3.8, 4) is 5.69 Å². The van der Waals surface area contributed by atoms with Crippen molar-refractivity contribution in [2.75, 3.05) is 13.7 Å². The van der Waals surface area contributed by atoms with Crippen molar-refractivity contribution in [1.82, 2.24) is 14.7 Å². The van der Waals surface area contributed by atoms with Crippen molar-refractivity contribution in [2.45, 2.75) is 19.9 Å². The van der Waals surface area contributed by atoms with Gasteiger partial charge in [-0.05, 0) is 44.2 Å². The highest BCUT2D eigenvalue weighted by Crippen LogP contribution is 2.08. The number of aromatic nitrogens is 2. The van der Waals surface area contributed by atoms with E-state index in [9.17, 15) is 18.8 Å². The number of nitrogens with zero attached hydrogens (tertiary/aromatic N) is 3. The zero-order chi connectivity index (χ0) is 18.6. The second kappa shape index (κ2) is 7.69. The van der Waals surface area contributed by atoms with E-state index >= 15 is 0 Å². The molecule has 0 aliphatic rings. The summed E-state index contributed by atoms with van der Waals surface area (Å²) in [6.45, 7) is 3.41. The van der Waals surface area contributed by atoms with Gasteiger partial charge in [-0.25, -0.2) is 9.18 Å². The lowest BCUT2D eigenvalue weighted by atomic mass is 10.2. The van der Waals surface area contributed by atoms with E-state index in [1.54, 1.807) is 6.92 Å². The molecule has 0 N–H and O–H groups in total. The molecule has 0 unspecified atom stereocenters. The van der Waals surface area contributed by atoms with Gasteiger partial charge in [0.2, 0.25) is 0 Å². The summed E-state index contributed by atoms with van der Waals surface area (Å²) in [5.74, 6) is -1.53. The van der Waals surface area contributed by atoms with Crippen molar-refractivity contribution >= 4 is 11.9 Å². The van der Waals surface area contributed by atoms with E-state index in [0.717, 1.165) is 4.68 Å². The van der Waals surface area contributed by atoms with Crippen molar-refractivity contribution in [3.63, 3.8) is 0 Å². The third kappa shape index (κ3) is 4.09. The molecule has 2 rings (SSSR count). The van der Waals surface area contributed by atoms with Crippen molar-refractivity contribution < 1.29 is 18.7 Å². The minimum atomic E-state index is -0.805. The zero-order valence-corrected chi connectivity index (χ0v) is 14.1. The monoisotopic (exact) mass is 347 g/mol. The number of rotatable bonds is 5. The number of carbonyl (C=O) groups excluding carboxylic acids is 2. The predicted molar refractivity (Wildman–Crippen MR) is 88.0 cm³/mol. The molecule has 0 aliphatic carbocycles. The number of halogens is 1. The van der Waals surface area contributed by atoms with Gasteiger partial charge in [0, 0.05) is 13.1 Å². The zero-order valence-electron chi connectivity index (χ0n) is 14.1. The third-order valence-corrected chi connectivity index (χ3v) is 3.62. The third-order valence-electron chi connectivity index (χ3n) is 3.62. The quantitative estimate of drug-likeness (QED) is 0.764. The Bertz CT molecular complexity index is 833. The summed E-state index contributed by atoms with van der Waals surface area (Å²) < 4.78 is 18.9. The maximum atomic E-state index is 13.0. The molecule has 1 aromatic carbocycles. The lowest BCUT2D eigenvalue weighted by Gasteiger charge is -2.23. The van der Waals surface area contributed by atoms with Crippen LogP contribution in [0.15, 0.2) is 41.2 Å². The maximum absolute atomic E-state index is 13.0. The van der Waals surface area contributed by atoms with Crippen LogP contribution in [0, 0.1) is 5.82 Å². The van der Waals surface area contributed by atoms with Gasteiger partial charge in [0.25, 0.3) is 11.5 Å². The number of hydrogen-bond acceptors (Lipinski definition) is 5. The number of carbonyl (C=O) groups is 2. The number of likely N-dealkylation sites (N-methyl/N-ethyl adjacent to an activating group) is 1. The minimum Gasteiger partial charge on any atom is -0.464 e. The van der Waals surface area contributed by atoms with Gasteiger partial charge in [0.15, 0.2) is 0 Å². The summed E-state index contributed by atoms with van der Waals surface area (Å²) >= 11 is 0. The van der Waals surface area contributed by atoms with E-state index in [0.29, 0.717) is 5.69 Å². The molecule has 1 aromatic heterocycles. The molecule has 1 heterocycles. The molecule has 25 heavy (non-hydrogen) atoms. The Kier molecular flexibility index (Phi) is 5.63. The SMILES string of the molecule is CCOC(=O)[C@H](C)N(C)C(=O)c1ccc(=O)n(-c2ccc(F)cc2)n1. The summed E-state index contributed by atoms with van der Waals surface area (Å²) in [5, 5.41) is 4.02. The Labute approximate surface area is 143 Å². The van der Waals surface area contributed by atoms with Gasteiger partial charge in [0.05, 0.1) is 12.3 Å². The van der Waals surface area contributed by atoms with Crippen LogP contribution < -0.4 is 5.56 Å². The molecule has 1 amide bonds. The van der Waals surface area contributed by atoms with Gasteiger partial charge >= 0.3 is 5.97 Å². The Hall–Kier alpha value is -3.03. The average Bonchev–Trinajstić information content (AvgIpc) is 2.61. The van der Waals surface area contributed by atoms with Crippen LogP contribution in [-0.4, -0.2) is 46.3 Å². The first-order valence-corrected chi connectivity index (χ1v) is 7.65. The number of hydrogen-bond donors (Lipinski definition) is 0. The average molecular weight is 347 g/mol. The van der Waals surface area contributed by atoms with Crippen LogP contribution in [0.25, 0.3) is 5.69 Å². The van der Waals surface area contributed by atoms with E-state index in [1.165, 1.54) is 55.3 Å². The molecule has 0 saturated carbocycles. The summed E-state index contributed by atoms with van der Waals surface area (Å²) in [6.07, 6.45) is 0. The molecule has 0 aliphatic heterocycles. The molecule has 0 fully saturated rings. The van der Waals surface area contributed by atoms with Gasteiger partial charge < -0.3 is 9.64 Å². The van der Waals surface area contributed by atoms with Gasteiger partial charge in [-0.1, -0.05) is 0 Å². The topological polar surface area (TPSA) is 81.5 Å². The van der Waals surface area contributed by atoms with Gasteiger partial charge in [-0.15, -0.1) is 0 Å². The predicted octanol–water partition coefficient (Wildman–Crippen LogP) is 1.40. The van der Waals surface area contributed by atoms with Crippen LogP contribution in [0.1, 0.15) is 24.3 Å². The normalized spacial score (nSPS) is 11.7. The largest absolute Gasteiger partial charge is 0.464 e. The van der Waals surface area contributed by atoms with Gasteiger partial charge in [-0.3, -0.25) is 9.59 Å². The van der Waals surface area contributed by atoms with Crippen molar-refractivity contribution in [1.29, 1.82) is 0 Å². The molecule has 0 bridgehead atoms. The number of ether oxygens (including phenoxy) is 1. The van der Waals surface area contributed by atoms with E-state index in [-0.39, 0.29) is 12.3 Å². The maximum Gasteiger partial charge on any atom is 0.328 e.